The Hall–Kier alpha value is -1.57. The zero-order valence-corrected chi connectivity index (χ0v) is 8.15. The standard InChI is InChI=1S/C12H15NO/c13-12(14)10-6-2-5-9-11-7-3-1-4-8-11/h1,3-4,6-8,10H,2,5,9H2,(H2,13,14)/b10-6+. The molecule has 2 heteroatoms. The van der Waals surface area contributed by atoms with E-state index < -0.39 is 0 Å². The van der Waals surface area contributed by atoms with Gasteiger partial charge in [0.25, 0.3) is 0 Å². The van der Waals surface area contributed by atoms with E-state index in [0.29, 0.717) is 0 Å². The highest BCUT2D eigenvalue weighted by Crippen LogP contribution is 2.04. The van der Waals surface area contributed by atoms with Gasteiger partial charge in [-0.25, -0.2) is 0 Å². The van der Waals surface area contributed by atoms with Crippen LogP contribution in [0.5, 0.6) is 0 Å². The van der Waals surface area contributed by atoms with E-state index in [9.17, 15) is 4.79 Å². The van der Waals surface area contributed by atoms with Crippen molar-refractivity contribution >= 4 is 5.91 Å². The molecule has 1 rings (SSSR count). The van der Waals surface area contributed by atoms with Crippen LogP contribution in [0.25, 0.3) is 0 Å². The molecule has 0 atom stereocenters. The Kier molecular flexibility index (Phi) is 4.48. The second kappa shape index (κ2) is 5.97. The number of amides is 1. The molecule has 0 aliphatic heterocycles. The van der Waals surface area contributed by atoms with Gasteiger partial charge in [0.1, 0.15) is 0 Å². The van der Waals surface area contributed by atoms with Gasteiger partial charge >= 0.3 is 0 Å². The summed E-state index contributed by atoms with van der Waals surface area (Å²) < 4.78 is 0. The fraction of sp³-hybridized carbons (Fsp3) is 0.250. The van der Waals surface area contributed by atoms with Gasteiger partial charge in [0.15, 0.2) is 0 Å². The number of hydrogen-bond donors (Lipinski definition) is 1. The Morgan fingerprint density at radius 2 is 2.00 bits per heavy atom. The maximum absolute atomic E-state index is 10.4. The number of primary amides is 1. The molecule has 0 aromatic heterocycles. The number of carbonyl (C=O) groups is 1. The van der Waals surface area contributed by atoms with Crippen LogP contribution in [-0.2, 0) is 11.2 Å². The molecule has 1 amide bonds. The third kappa shape index (κ3) is 4.45. The molecule has 2 nitrogen and oxygen atoms in total. The van der Waals surface area contributed by atoms with Crippen molar-refractivity contribution in [3.63, 3.8) is 0 Å². The van der Waals surface area contributed by atoms with Crippen molar-refractivity contribution < 1.29 is 4.79 Å². The van der Waals surface area contributed by atoms with Crippen LogP contribution in [0.1, 0.15) is 18.4 Å². The number of allylic oxidation sites excluding steroid dienone is 1. The fourth-order valence-corrected chi connectivity index (χ4v) is 1.27. The van der Waals surface area contributed by atoms with E-state index in [4.69, 9.17) is 5.73 Å². The summed E-state index contributed by atoms with van der Waals surface area (Å²) in [7, 11) is 0. The third-order valence-corrected chi connectivity index (χ3v) is 1.96. The molecule has 0 saturated carbocycles. The van der Waals surface area contributed by atoms with Crippen LogP contribution < -0.4 is 5.73 Å². The van der Waals surface area contributed by atoms with Gasteiger partial charge in [-0.2, -0.15) is 0 Å². The number of carbonyl (C=O) groups excluding carboxylic acids is 1. The molecule has 0 radical (unpaired) electrons. The lowest BCUT2D eigenvalue weighted by Gasteiger charge is -1.97. The van der Waals surface area contributed by atoms with Gasteiger partial charge in [-0.15, -0.1) is 0 Å². The van der Waals surface area contributed by atoms with Crippen molar-refractivity contribution in [3.8, 4) is 0 Å². The van der Waals surface area contributed by atoms with E-state index in [0.717, 1.165) is 19.3 Å². The van der Waals surface area contributed by atoms with E-state index in [-0.39, 0.29) is 5.91 Å². The van der Waals surface area contributed by atoms with Crippen molar-refractivity contribution in [2.75, 3.05) is 0 Å². The van der Waals surface area contributed by atoms with Crippen molar-refractivity contribution in [1.82, 2.24) is 0 Å². The van der Waals surface area contributed by atoms with Gasteiger partial charge in [0, 0.05) is 0 Å². The van der Waals surface area contributed by atoms with Crippen LogP contribution in [0.3, 0.4) is 0 Å². The van der Waals surface area contributed by atoms with E-state index in [1.807, 2.05) is 24.3 Å². The predicted molar refractivity (Wildman–Crippen MR) is 57.7 cm³/mol. The first-order chi connectivity index (χ1) is 6.79. The summed E-state index contributed by atoms with van der Waals surface area (Å²) in [5.41, 5.74) is 6.29. The molecule has 0 saturated heterocycles. The van der Waals surface area contributed by atoms with Crippen molar-refractivity contribution in [1.29, 1.82) is 0 Å². The number of nitrogens with two attached hydrogens (primary N) is 1. The lowest BCUT2D eigenvalue weighted by atomic mass is 10.1. The van der Waals surface area contributed by atoms with Gasteiger partial charge in [-0.1, -0.05) is 36.4 Å². The molecular weight excluding hydrogens is 174 g/mol. The minimum absolute atomic E-state index is 0.371. The number of benzene rings is 1. The first-order valence-corrected chi connectivity index (χ1v) is 4.79. The highest BCUT2D eigenvalue weighted by atomic mass is 16.1. The number of aryl methyl sites for hydroxylation is 1. The minimum Gasteiger partial charge on any atom is -0.366 e. The highest BCUT2D eigenvalue weighted by molar-refractivity contribution is 5.85. The summed E-state index contributed by atoms with van der Waals surface area (Å²) in [5.74, 6) is -0.371. The molecule has 14 heavy (non-hydrogen) atoms. The average molecular weight is 189 g/mol. The third-order valence-electron chi connectivity index (χ3n) is 1.96. The molecule has 0 bridgehead atoms. The fourth-order valence-electron chi connectivity index (χ4n) is 1.27. The van der Waals surface area contributed by atoms with E-state index in [1.165, 1.54) is 11.6 Å². The molecular formula is C12H15NO. The first kappa shape index (κ1) is 10.5. The molecule has 74 valence electrons. The Morgan fingerprint density at radius 3 is 2.64 bits per heavy atom. The summed E-state index contributed by atoms with van der Waals surface area (Å²) in [6.45, 7) is 0. The Balaban J connectivity index is 2.19. The zero-order chi connectivity index (χ0) is 10.2. The van der Waals surface area contributed by atoms with E-state index in [2.05, 4.69) is 12.1 Å². The number of rotatable bonds is 5. The maximum atomic E-state index is 10.4. The summed E-state index contributed by atoms with van der Waals surface area (Å²) in [6.07, 6.45) is 6.24. The number of unbranched alkanes of at least 4 members (excludes halogenated alkanes) is 1. The lowest BCUT2D eigenvalue weighted by molar-refractivity contribution is -0.113. The molecule has 0 spiro atoms. The topological polar surface area (TPSA) is 43.1 Å². The summed E-state index contributed by atoms with van der Waals surface area (Å²) in [4.78, 5) is 10.4. The van der Waals surface area contributed by atoms with Crippen molar-refractivity contribution in [2.45, 2.75) is 19.3 Å². The zero-order valence-electron chi connectivity index (χ0n) is 8.15. The molecule has 0 fully saturated rings. The summed E-state index contributed by atoms with van der Waals surface area (Å²) >= 11 is 0. The van der Waals surface area contributed by atoms with E-state index in [1.54, 1.807) is 0 Å². The highest BCUT2D eigenvalue weighted by Gasteiger charge is 1.90. The van der Waals surface area contributed by atoms with Gasteiger partial charge < -0.3 is 5.73 Å². The SMILES string of the molecule is NC(=O)/C=C/CCCc1ccccc1. The van der Waals surface area contributed by atoms with Crippen LogP contribution in [0.4, 0.5) is 0 Å². The van der Waals surface area contributed by atoms with Gasteiger partial charge in [-0.05, 0) is 30.9 Å². The normalized spacial score (nSPS) is 10.6. The average Bonchev–Trinajstić information content (AvgIpc) is 2.18. The Morgan fingerprint density at radius 1 is 1.29 bits per heavy atom. The van der Waals surface area contributed by atoms with Crippen molar-refractivity contribution in [3.05, 3.63) is 48.0 Å². The van der Waals surface area contributed by atoms with Gasteiger partial charge in [-0.3, -0.25) is 4.79 Å². The second-order valence-corrected chi connectivity index (χ2v) is 3.18. The smallest absolute Gasteiger partial charge is 0.241 e. The molecule has 2 N–H and O–H groups in total. The van der Waals surface area contributed by atoms with Crippen LogP contribution in [0.2, 0.25) is 0 Å². The van der Waals surface area contributed by atoms with Gasteiger partial charge in [0.2, 0.25) is 5.91 Å². The molecule has 0 unspecified atom stereocenters. The minimum atomic E-state index is -0.371. The van der Waals surface area contributed by atoms with Crippen LogP contribution >= 0.6 is 0 Å². The molecule has 0 aliphatic carbocycles. The molecule has 1 aromatic rings. The van der Waals surface area contributed by atoms with E-state index >= 15 is 0 Å². The lowest BCUT2D eigenvalue weighted by Crippen LogP contribution is -2.05. The largest absolute Gasteiger partial charge is 0.366 e. The van der Waals surface area contributed by atoms with Crippen LogP contribution in [-0.4, -0.2) is 5.91 Å². The predicted octanol–water partition coefficient (Wildman–Crippen LogP) is 2.05. The maximum Gasteiger partial charge on any atom is 0.241 e. The first-order valence-electron chi connectivity index (χ1n) is 4.79. The van der Waals surface area contributed by atoms with Gasteiger partial charge in [0.05, 0.1) is 0 Å². The summed E-state index contributed by atoms with van der Waals surface area (Å²) in [5, 5.41) is 0. The summed E-state index contributed by atoms with van der Waals surface area (Å²) in [6, 6.07) is 10.3. The monoisotopic (exact) mass is 189 g/mol. The molecule has 0 heterocycles. The quantitative estimate of drug-likeness (QED) is 0.559. The van der Waals surface area contributed by atoms with Crippen molar-refractivity contribution in [2.24, 2.45) is 5.73 Å². The van der Waals surface area contributed by atoms with Crippen LogP contribution in [0.15, 0.2) is 42.5 Å². The Bertz CT molecular complexity index is 303. The second-order valence-electron chi connectivity index (χ2n) is 3.18. The number of hydrogen-bond acceptors (Lipinski definition) is 1. The molecule has 1 aromatic carbocycles. The Labute approximate surface area is 84.4 Å². The van der Waals surface area contributed by atoms with Crippen LogP contribution in [0, 0.1) is 0 Å². The molecule has 0 aliphatic rings.